The van der Waals surface area contributed by atoms with Gasteiger partial charge in [-0.2, -0.15) is 0 Å². The number of carbonyl (C=O) groups is 1. The van der Waals surface area contributed by atoms with Crippen LogP contribution in [0.1, 0.15) is 17.0 Å². The Morgan fingerprint density at radius 2 is 1.95 bits per heavy atom. The van der Waals surface area contributed by atoms with Crippen LogP contribution in [0.25, 0.3) is 0 Å². The summed E-state index contributed by atoms with van der Waals surface area (Å²) in [7, 11) is 0. The van der Waals surface area contributed by atoms with Crippen LogP contribution in [0.3, 0.4) is 0 Å². The summed E-state index contributed by atoms with van der Waals surface area (Å²) >= 11 is 3.49. The highest BCUT2D eigenvalue weighted by Gasteiger charge is 2.27. The molecular weight excluding hydrogens is 316 g/mol. The summed E-state index contributed by atoms with van der Waals surface area (Å²) < 4.78 is 1.02. The van der Waals surface area contributed by atoms with E-state index < -0.39 is 0 Å². The number of hydrogen-bond acceptors (Lipinski definition) is 2. The molecule has 0 bridgehead atoms. The van der Waals surface area contributed by atoms with Crippen LogP contribution in [0.4, 0.5) is 5.69 Å². The van der Waals surface area contributed by atoms with Gasteiger partial charge in [-0.25, -0.2) is 0 Å². The van der Waals surface area contributed by atoms with Crippen LogP contribution in [-0.2, 0) is 11.3 Å². The number of amides is 1. The predicted octanol–water partition coefficient (Wildman–Crippen LogP) is 3.27. The topological polar surface area (TPSA) is 41.1 Å². The fourth-order valence-electron chi connectivity index (χ4n) is 2.47. The zero-order valence-corrected chi connectivity index (χ0v) is 12.5. The number of carbonyl (C=O) groups excluding carboxylic acids is 1. The molecule has 4 heteroatoms. The van der Waals surface area contributed by atoms with E-state index in [1.54, 1.807) is 0 Å². The van der Waals surface area contributed by atoms with Crippen molar-refractivity contribution in [1.29, 1.82) is 0 Å². The molecule has 2 N–H and O–H groups in total. The first kappa shape index (κ1) is 13.2. The van der Waals surface area contributed by atoms with Crippen LogP contribution in [0.5, 0.6) is 0 Å². The standard InChI is InChI=1S/C16H15BrN2O/c17-14-7-3-1-5-11(14)9-19-16(20)13-10-18-15-8-4-2-6-12(13)15/h1-8,13,18H,9-10H2,(H,19,20). The molecule has 0 fully saturated rings. The smallest absolute Gasteiger partial charge is 0.229 e. The van der Waals surface area contributed by atoms with E-state index in [1.807, 2.05) is 48.5 Å². The highest BCUT2D eigenvalue weighted by molar-refractivity contribution is 9.10. The Hall–Kier alpha value is -1.81. The number of anilines is 1. The van der Waals surface area contributed by atoms with Crippen molar-refractivity contribution < 1.29 is 4.79 Å². The molecule has 0 saturated carbocycles. The van der Waals surface area contributed by atoms with Crippen LogP contribution < -0.4 is 10.6 Å². The molecule has 3 nitrogen and oxygen atoms in total. The van der Waals surface area contributed by atoms with Gasteiger partial charge < -0.3 is 10.6 Å². The number of hydrogen-bond donors (Lipinski definition) is 2. The molecule has 20 heavy (non-hydrogen) atoms. The second-order valence-corrected chi connectivity index (χ2v) is 5.68. The lowest BCUT2D eigenvalue weighted by atomic mass is 10.0. The third kappa shape index (κ3) is 2.56. The molecule has 1 aliphatic heterocycles. The average Bonchev–Trinajstić information content (AvgIpc) is 2.90. The van der Waals surface area contributed by atoms with E-state index in [0.29, 0.717) is 13.1 Å². The van der Waals surface area contributed by atoms with Gasteiger partial charge in [-0.05, 0) is 23.3 Å². The van der Waals surface area contributed by atoms with Crippen LogP contribution in [0.2, 0.25) is 0 Å². The second-order valence-electron chi connectivity index (χ2n) is 4.83. The molecule has 1 amide bonds. The first-order valence-electron chi connectivity index (χ1n) is 6.59. The molecular formula is C16H15BrN2O. The fraction of sp³-hybridized carbons (Fsp3) is 0.188. The molecule has 0 aromatic heterocycles. The summed E-state index contributed by atoms with van der Waals surface area (Å²) in [6, 6.07) is 15.9. The van der Waals surface area contributed by atoms with Crippen molar-refractivity contribution >= 4 is 27.5 Å². The summed E-state index contributed by atoms with van der Waals surface area (Å²) in [6.45, 7) is 1.21. The normalized spacial score (nSPS) is 16.4. The third-order valence-corrected chi connectivity index (χ3v) is 4.33. The van der Waals surface area contributed by atoms with Crippen molar-refractivity contribution in [3.63, 3.8) is 0 Å². The molecule has 2 aromatic carbocycles. The number of halogens is 1. The van der Waals surface area contributed by atoms with Gasteiger partial charge in [-0.15, -0.1) is 0 Å². The minimum absolute atomic E-state index is 0.0678. The monoisotopic (exact) mass is 330 g/mol. The molecule has 1 aliphatic rings. The van der Waals surface area contributed by atoms with Crippen LogP contribution in [0, 0.1) is 0 Å². The van der Waals surface area contributed by atoms with Crippen molar-refractivity contribution in [2.45, 2.75) is 12.5 Å². The molecule has 102 valence electrons. The SMILES string of the molecule is O=C(NCc1ccccc1Br)C1CNc2ccccc21. The number of rotatable bonds is 3. The van der Waals surface area contributed by atoms with Crippen molar-refractivity contribution in [3.05, 3.63) is 64.1 Å². The maximum absolute atomic E-state index is 12.3. The second kappa shape index (κ2) is 5.67. The summed E-state index contributed by atoms with van der Waals surface area (Å²) in [4.78, 5) is 12.3. The van der Waals surface area contributed by atoms with E-state index in [-0.39, 0.29) is 11.8 Å². The van der Waals surface area contributed by atoms with Gasteiger partial charge in [0, 0.05) is 23.2 Å². The zero-order chi connectivity index (χ0) is 13.9. The summed E-state index contributed by atoms with van der Waals surface area (Å²) in [5.74, 6) is -0.0353. The zero-order valence-electron chi connectivity index (χ0n) is 10.9. The van der Waals surface area contributed by atoms with E-state index in [9.17, 15) is 4.79 Å². The molecule has 0 spiro atoms. The van der Waals surface area contributed by atoms with Crippen LogP contribution >= 0.6 is 15.9 Å². The summed E-state index contributed by atoms with van der Waals surface area (Å²) in [5.41, 5.74) is 3.23. The van der Waals surface area contributed by atoms with Gasteiger partial charge in [0.15, 0.2) is 0 Å². The van der Waals surface area contributed by atoms with Gasteiger partial charge in [-0.3, -0.25) is 4.79 Å². The van der Waals surface area contributed by atoms with Gasteiger partial charge in [0.25, 0.3) is 0 Å². The minimum Gasteiger partial charge on any atom is -0.384 e. The van der Waals surface area contributed by atoms with E-state index in [0.717, 1.165) is 21.3 Å². The van der Waals surface area contributed by atoms with Gasteiger partial charge in [0.05, 0.1) is 5.92 Å². The third-order valence-electron chi connectivity index (χ3n) is 3.56. The number of fused-ring (bicyclic) bond motifs is 1. The molecule has 3 rings (SSSR count). The van der Waals surface area contributed by atoms with E-state index >= 15 is 0 Å². The molecule has 1 unspecified atom stereocenters. The molecule has 0 saturated heterocycles. The van der Waals surface area contributed by atoms with Gasteiger partial charge in [-0.1, -0.05) is 52.3 Å². The lowest BCUT2D eigenvalue weighted by Gasteiger charge is -2.12. The van der Waals surface area contributed by atoms with E-state index in [4.69, 9.17) is 0 Å². The lowest BCUT2D eigenvalue weighted by molar-refractivity contribution is -0.122. The van der Waals surface area contributed by atoms with Crippen molar-refractivity contribution in [1.82, 2.24) is 5.32 Å². The first-order valence-corrected chi connectivity index (χ1v) is 7.39. The van der Waals surface area contributed by atoms with Gasteiger partial charge in [0.2, 0.25) is 5.91 Å². The number of nitrogens with one attached hydrogen (secondary N) is 2. The molecule has 2 aromatic rings. The van der Waals surface area contributed by atoms with E-state index in [2.05, 4.69) is 26.6 Å². The average molecular weight is 331 g/mol. The molecule has 0 radical (unpaired) electrons. The van der Waals surface area contributed by atoms with Crippen molar-refractivity contribution in [2.24, 2.45) is 0 Å². The van der Waals surface area contributed by atoms with Gasteiger partial charge in [0.1, 0.15) is 0 Å². The largest absolute Gasteiger partial charge is 0.384 e. The van der Waals surface area contributed by atoms with Crippen molar-refractivity contribution in [2.75, 3.05) is 11.9 Å². The fourth-order valence-corrected chi connectivity index (χ4v) is 2.89. The highest BCUT2D eigenvalue weighted by atomic mass is 79.9. The van der Waals surface area contributed by atoms with Gasteiger partial charge >= 0.3 is 0 Å². The summed E-state index contributed by atoms with van der Waals surface area (Å²) in [5, 5.41) is 6.28. The Morgan fingerprint density at radius 1 is 1.20 bits per heavy atom. The predicted molar refractivity (Wildman–Crippen MR) is 83.7 cm³/mol. The van der Waals surface area contributed by atoms with Crippen molar-refractivity contribution in [3.8, 4) is 0 Å². The molecule has 1 heterocycles. The Balaban J connectivity index is 1.68. The number of para-hydroxylation sites is 1. The minimum atomic E-state index is -0.103. The highest BCUT2D eigenvalue weighted by Crippen LogP contribution is 2.31. The molecule has 0 aliphatic carbocycles. The lowest BCUT2D eigenvalue weighted by Crippen LogP contribution is -2.30. The quantitative estimate of drug-likeness (QED) is 0.906. The Bertz CT molecular complexity index is 642. The Morgan fingerprint density at radius 3 is 2.80 bits per heavy atom. The maximum atomic E-state index is 12.3. The maximum Gasteiger partial charge on any atom is 0.229 e. The first-order chi connectivity index (χ1) is 9.75. The van der Waals surface area contributed by atoms with Crippen LogP contribution in [0.15, 0.2) is 53.0 Å². The molecule has 1 atom stereocenters. The summed E-state index contributed by atoms with van der Waals surface area (Å²) in [6.07, 6.45) is 0. The Kier molecular flexibility index (Phi) is 3.74. The number of benzene rings is 2. The van der Waals surface area contributed by atoms with E-state index in [1.165, 1.54) is 0 Å². The Labute approximate surface area is 126 Å². The van der Waals surface area contributed by atoms with Crippen LogP contribution in [-0.4, -0.2) is 12.5 Å².